The van der Waals surface area contributed by atoms with Crippen molar-refractivity contribution in [3.8, 4) is 11.5 Å². The van der Waals surface area contributed by atoms with Crippen molar-refractivity contribution >= 4 is 27.5 Å². The molecule has 0 saturated carbocycles. The number of halogens is 1. The summed E-state index contributed by atoms with van der Waals surface area (Å²) >= 11 is 3.45. The Morgan fingerprint density at radius 2 is 1.50 bits per heavy atom. The molecule has 1 aliphatic rings. The molecule has 1 atom stereocenters. The third-order valence-electron chi connectivity index (χ3n) is 5.29. The molecule has 1 unspecified atom stereocenters. The highest BCUT2D eigenvalue weighted by Gasteiger charge is 2.36. The molecule has 5 nitrogen and oxygen atoms in total. The van der Waals surface area contributed by atoms with E-state index in [-0.39, 0.29) is 40.6 Å². The van der Waals surface area contributed by atoms with Gasteiger partial charge < -0.3 is 14.6 Å². The number of fused-ring (bicyclic) bond motifs is 2. The summed E-state index contributed by atoms with van der Waals surface area (Å²) in [4.78, 5) is 26.5. The molecule has 30 heavy (non-hydrogen) atoms. The summed E-state index contributed by atoms with van der Waals surface area (Å²) in [7, 11) is 2.91. The fourth-order valence-corrected chi connectivity index (χ4v) is 4.44. The number of ketones is 2. The van der Waals surface area contributed by atoms with E-state index in [1.165, 1.54) is 14.2 Å². The molecule has 0 aliphatic heterocycles. The van der Waals surface area contributed by atoms with Crippen LogP contribution in [0.3, 0.4) is 0 Å². The van der Waals surface area contributed by atoms with E-state index in [1.54, 1.807) is 30.3 Å². The van der Waals surface area contributed by atoms with E-state index in [1.807, 2.05) is 24.3 Å². The van der Waals surface area contributed by atoms with Crippen LogP contribution in [-0.2, 0) is 6.42 Å². The van der Waals surface area contributed by atoms with Crippen LogP contribution in [0.25, 0.3) is 0 Å². The zero-order valence-corrected chi connectivity index (χ0v) is 18.0. The molecule has 152 valence electrons. The van der Waals surface area contributed by atoms with Gasteiger partial charge in [-0.05, 0) is 17.7 Å². The second kappa shape index (κ2) is 8.05. The van der Waals surface area contributed by atoms with Crippen molar-refractivity contribution in [1.29, 1.82) is 0 Å². The van der Waals surface area contributed by atoms with Crippen LogP contribution < -0.4 is 9.47 Å². The standard InChI is InChI=1S/C24H19BrO5/c1-29-19-12-13(11-18(26)16-9-5-6-10-17(16)25)24(30-2)21-20(19)22(27)14-7-3-4-8-15(14)23(21)28/h3-10,12,18,26H,11H2,1-2H3. The number of hydrogen-bond donors (Lipinski definition) is 1. The quantitative estimate of drug-likeness (QED) is 0.468. The highest BCUT2D eigenvalue weighted by atomic mass is 79.9. The van der Waals surface area contributed by atoms with Gasteiger partial charge in [-0.1, -0.05) is 58.4 Å². The lowest BCUT2D eigenvalue weighted by Crippen LogP contribution is -2.23. The molecular formula is C24H19BrO5. The largest absolute Gasteiger partial charge is 0.496 e. The molecule has 0 saturated heterocycles. The summed E-state index contributed by atoms with van der Waals surface area (Å²) in [5, 5.41) is 10.8. The van der Waals surface area contributed by atoms with Gasteiger partial charge in [0.2, 0.25) is 0 Å². The summed E-state index contributed by atoms with van der Waals surface area (Å²) in [5.41, 5.74) is 2.34. The molecular weight excluding hydrogens is 448 g/mol. The van der Waals surface area contributed by atoms with E-state index in [2.05, 4.69) is 15.9 Å². The van der Waals surface area contributed by atoms with Crippen LogP contribution in [0.2, 0.25) is 0 Å². The van der Waals surface area contributed by atoms with E-state index < -0.39 is 6.10 Å². The molecule has 1 aliphatic carbocycles. The Morgan fingerprint density at radius 1 is 0.900 bits per heavy atom. The Kier molecular flexibility index (Phi) is 5.45. The first-order chi connectivity index (χ1) is 14.5. The van der Waals surface area contributed by atoms with Gasteiger partial charge in [-0.25, -0.2) is 0 Å². The predicted molar refractivity (Wildman–Crippen MR) is 116 cm³/mol. The van der Waals surface area contributed by atoms with Gasteiger partial charge in [-0.15, -0.1) is 0 Å². The first-order valence-electron chi connectivity index (χ1n) is 9.36. The summed E-state index contributed by atoms with van der Waals surface area (Å²) < 4.78 is 11.8. The van der Waals surface area contributed by atoms with Crippen LogP contribution in [-0.4, -0.2) is 30.9 Å². The fraction of sp³-hybridized carbons (Fsp3) is 0.167. The first kappa shape index (κ1) is 20.3. The van der Waals surface area contributed by atoms with Crippen LogP contribution in [0.5, 0.6) is 11.5 Å². The summed E-state index contributed by atoms with van der Waals surface area (Å²) in [5.74, 6) is -0.0152. The molecule has 0 heterocycles. The van der Waals surface area contributed by atoms with Crippen LogP contribution in [0, 0.1) is 0 Å². The van der Waals surface area contributed by atoms with Gasteiger partial charge >= 0.3 is 0 Å². The molecule has 0 fully saturated rings. The minimum atomic E-state index is -0.848. The highest BCUT2D eigenvalue weighted by Crippen LogP contribution is 2.42. The highest BCUT2D eigenvalue weighted by molar-refractivity contribution is 9.10. The number of carbonyl (C=O) groups is 2. The Balaban J connectivity index is 1.88. The second-order valence-corrected chi connectivity index (χ2v) is 7.82. The van der Waals surface area contributed by atoms with Crippen LogP contribution in [0.4, 0.5) is 0 Å². The van der Waals surface area contributed by atoms with Crippen molar-refractivity contribution in [2.24, 2.45) is 0 Å². The maximum atomic E-state index is 13.3. The topological polar surface area (TPSA) is 72.8 Å². The number of rotatable bonds is 5. The van der Waals surface area contributed by atoms with E-state index in [0.29, 0.717) is 22.3 Å². The van der Waals surface area contributed by atoms with Gasteiger partial charge in [0.25, 0.3) is 0 Å². The van der Waals surface area contributed by atoms with Crippen LogP contribution in [0.1, 0.15) is 49.1 Å². The monoisotopic (exact) mass is 466 g/mol. The van der Waals surface area contributed by atoms with Gasteiger partial charge in [0.1, 0.15) is 11.5 Å². The lowest BCUT2D eigenvalue weighted by Gasteiger charge is -2.24. The van der Waals surface area contributed by atoms with Gasteiger partial charge in [0.15, 0.2) is 11.6 Å². The predicted octanol–water partition coefficient (Wildman–Crippen LogP) is 4.52. The van der Waals surface area contributed by atoms with Crippen LogP contribution >= 0.6 is 15.9 Å². The van der Waals surface area contributed by atoms with Crippen molar-refractivity contribution in [1.82, 2.24) is 0 Å². The molecule has 0 bridgehead atoms. The van der Waals surface area contributed by atoms with Crippen molar-refractivity contribution in [2.45, 2.75) is 12.5 Å². The minimum Gasteiger partial charge on any atom is -0.496 e. The van der Waals surface area contributed by atoms with Crippen molar-refractivity contribution < 1.29 is 24.2 Å². The lowest BCUT2D eigenvalue weighted by molar-refractivity contribution is 0.0973. The summed E-state index contributed by atoms with van der Waals surface area (Å²) in [6.07, 6.45) is -0.669. The SMILES string of the molecule is COc1cc(CC(O)c2ccccc2Br)c(OC)c2c1C(=O)c1ccccc1C2=O. The number of benzene rings is 3. The normalized spacial score (nSPS) is 13.5. The summed E-state index contributed by atoms with van der Waals surface area (Å²) in [6, 6.07) is 15.8. The Bertz CT molecular complexity index is 1170. The van der Waals surface area contributed by atoms with E-state index in [4.69, 9.17) is 9.47 Å². The van der Waals surface area contributed by atoms with E-state index in [9.17, 15) is 14.7 Å². The van der Waals surface area contributed by atoms with Gasteiger partial charge in [0.05, 0.1) is 31.5 Å². The average molecular weight is 467 g/mol. The Hall–Kier alpha value is -2.96. The van der Waals surface area contributed by atoms with Crippen LogP contribution in [0.15, 0.2) is 59.1 Å². The zero-order valence-electron chi connectivity index (χ0n) is 16.4. The molecule has 4 rings (SSSR count). The summed E-state index contributed by atoms with van der Waals surface area (Å²) in [6.45, 7) is 0. The maximum Gasteiger partial charge on any atom is 0.198 e. The van der Waals surface area contributed by atoms with Gasteiger partial charge in [-0.2, -0.15) is 0 Å². The van der Waals surface area contributed by atoms with Crippen molar-refractivity contribution in [3.05, 3.63) is 92.5 Å². The Labute approximate surface area is 182 Å². The van der Waals surface area contributed by atoms with Crippen molar-refractivity contribution in [3.63, 3.8) is 0 Å². The fourth-order valence-electron chi connectivity index (χ4n) is 3.89. The minimum absolute atomic E-state index is 0.176. The molecule has 0 aromatic heterocycles. The number of aliphatic hydroxyl groups is 1. The maximum absolute atomic E-state index is 13.3. The van der Waals surface area contributed by atoms with Crippen molar-refractivity contribution in [2.75, 3.05) is 14.2 Å². The average Bonchev–Trinajstić information content (AvgIpc) is 2.76. The number of methoxy groups -OCH3 is 2. The number of hydrogen-bond acceptors (Lipinski definition) is 5. The number of aliphatic hydroxyl groups excluding tert-OH is 1. The second-order valence-electron chi connectivity index (χ2n) is 6.97. The Morgan fingerprint density at radius 3 is 2.10 bits per heavy atom. The van der Waals surface area contributed by atoms with E-state index >= 15 is 0 Å². The molecule has 3 aromatic rings. The van der Waals surface area contributed by atoms with Gasteiger partial charge in [0, 0.05) is 27.6 Å². The molecule has 3 aromatic carbocycles. The number of ether oxygens (including phenoxy) is 2. The van der Waals surface area contributed by atoms with Gasteiger partial charge in [-0.3, -0.25) is 9.59 Å². The number of carbonyl (C=O) groups excluding carboxylic acids is 2. The smallest absolute Gasteiger partial charge is 0.198 e. The molecule has 1 N–H and O–H groups in total. The molecule has 0 radical (unpaired) electrons. The van der Waals surface area contributed by atoms with E-state index in [0.717, 1.165) is 4.47 Å². The molecule has 0 spiro atoms. The first-order valence-corrected chi connectivity index (χ1v) is 10.2. The third-order valence-corrected chi connectivity index (χ3v) is 6.01. The third kappa shape index (κ3) is 3.22. The molecule has 0 amide bonds. The molecule has 6 heteroatoms. The zero-order chi connectivity index (χ0) is 21.4. The lowest BCUT2D eigenvalue weighted by atomic mass is 9.81.